The SMILES string of the molecule is Cc1c(C(C)C)ncn1-c1ccc(Cl)cc1. The molecule has 1 aromatic carbocycles. The van der Waals surface area contributed by atoms with Gasteiger partial charge in [0.15, 0.2) is 0 Å². The molecule has 0 atom stereocenters. The molecule has 2 rings (SSSR count). The average Bonchev–Trinajstić information content (AvgIpc) is 2.61. The Morgan fingerprint density at radius 2 is 1.81 bits per heavy atom. The Bertz CT molecular complexity index is 483. The van der Waals surface area contributed by atoms with Crippen LogP contribution in [0.25, 0.3) is 5.69 Å². The lowest BCUT2D eigenvalue weighted by Crippen LogP contribution is -1.97. The van der Waals surface area contributed by atoms with Gasteiger partial charge in [-0.25, -0.2) is 4.98 Å². The second-order valence-electron chi connectivity index (χ2n) is 4.22. The molecule has 1 heterocycles. The first-order valence-corrected chi connectivity index (χ1v) is 5.77. The van der Waals surface area contributed by atoms with Crippen LogP contribution >= 0.6 is 11.6 Å². The summed E-state index contributed by atoms with van der Waals surface area (Å²) in [6.45, 7) is 6.40. The molecule has 0 aliphatic heterocycles. The van der Waals surface area contributed by atoms with Crippen LogP contribution in [0, 0.1) is 6.92 Å². The van der Waals surface area contributed by atoms with Gasteiger partial charge in [-0.1, -0.05) is 25.4 Å². The maximum atomic E-state index is 5.87. The highest BCUT2D eigenvalue weighted by Gasteiger charge is 2.10. The van der Waals surface area contributed by atoms with E-state index >= 15 is 0 Å². The van der Waals surface area contributed by atoms with Gasteiger partial charge >= 0.3 is 0 Å². The normalized spacial score (nSPS) is 11.1. The Morgan fingerprint density at radius 3 is 2.31 bits per heavy atom. The lowest BCUT2D eigenvalue weighted by Gasteiger charge is -2.07. The number of benzene rings is 1. The smallest absolute Gasteiger partial charge is 0.0997 e. The van der Waals surface area contributed by atoms with Gasteiger partial charge in [-0.2, -0.15) is 0 Å². The minimum atomic E-state index is 0.452. The lowest BCUT2D eigenvalue weighted by molar-refractivity contribution is 0.818. The highest BCUT2D eigenvalue weighted by molar-refractivity contribution is 6.30. The van der Waals surface area contributed by atoms with Crippen molar-refractivity contribution in [2.24, 2.45) is 0 Å². The second kappa shape index (κ2) is 4.30. The molecule has 0 fully saturated rings. The molecular formula is C13H15ClN2. The van der Waals surface area contributed by atoms with Crippen molar-refractivity contribution in [3.05, 3.63) is 47.0 Å². The number of hydrogen-bond donors (Lipinski definition) is 0. The summed E-state index contributed by atoms with van der Waals surface area (Å²) >= 11 is 5.87. The topological polar surface area (TPSA) is 17.8 Å². The number of nitrogens with zero attached hydrogens (tertiary/aromatic N) is 2. The molecule has 0 aliphatic carbocycles. The first-order chi connectivity index (χ1) is 7.59. The largest absolute Gasteiger partial charge is 0.303 e. The van der Waals surface area contributed by atoms with Crippen molar-refractivity contribution in [2.45, 2.75) is 26.7 Å². The highest BCUT2D eigenvalue weighted by atomic mass is 35.5. The van der Waals surface area contributed by atoms with E-state index < -0.39 is 0 Å². The Balaban J connectivity index is 2.45. The minimum Gasteiger partial charge on any atom is -0.303 e. The van der Waals surface area contributed by atoms with Crippen LogP contribution in [0.15, 0.2) is 30.6 Å². The summed E-state index contributed by atoms with van der Waals surface area (Å²) < 4.78 is 2.09. The molecule has 0 aliphatic rings. The zero-order valence-corrected chi connectivity index (χ0v) is 10.5. The summed E-state index contributed by atoms with van der Waals surface area (Å²) in [5.41, 5.74) is 3.44. The third-order valence-corrected chi connectivity index (χ3v) is 2.95. The van der Waals surface area contributed by atoms with Gasteiger partial charge in [0.05, 0.1) is 12.0 Å². The first-order valence-electron chi connectivity index (χ1n) is 5.39. The van der Waals surface area contributed by atoms with Gasteiger partial charge in [-0.3, -0.25) is 0 Å². The van der Waals surface area contributed by atoms with E-state index in [2.05, 4.69) is 30.3 Å². The monoisotopic (exact) mass is 234 g/mol. The van der Waals surface area contributed by atoms with Gasteiger partial charge in [-0.15, -0.1) is 0 Å². The van der Waals surface area contributed by atoms with Crippen molar-refractivity contribution in [3.8, 4) is 5.69 Å². The number of imidazole rings is 1. The van der Waals surface area contributed by atoms with E-state index in [0.29, 0.717) is 5.92 Å². The van der Waals surface area contributed by atoms with E-state index in [4.69, 9.17) is 11.6 Å². The number of aromatic nitrogens is 2. The summed E-state index contributed by atoms with van der Waals surface area (Å²) in [5.74, 6) is 0.452. The number of halogens is 1. The van der Waals surface area contributed by atoms with Gasteiger partial charge in [0.25, 0.3) is 0 Å². The van der Waals surface area contributed by atoms with E-state index in [1.54, 1.807) is 0 Å². The van der Waals surface area contributed by atoms with Crippen LogP contribution < -0.4 is 0 Å². The molecule has 0 saturated carbocycles. The van der Waals surface area contributed by atoms with Crippen molar-refractivity contribution >= 4 is 11.6 Å². The third kappa shape index (κ3) is 1.98. The maximum absolute atomic E-state index is 5.87. The summed E-state index contributed by atoms with van der Waals surface area (Å²) in [6, 6.07) is 7.79. The van der Waals surface area contributed by atoms with Gasteiger partial charge in [0.1, 0.15) is 0 Å². The third-order valence-electron chi connectivity index (χ3n) is 2.70. The fraction of sp³-hybridized carbons (Fsp3) is 0.308. The summed E-state index contributed by atoms with van der Waals surface area (Å²) in [7, 11) is 0. The van der Waals surface area contributed by atoms with Crippen LogP contribution in [0.5, 0.6) is 0 Å². The van der Waals surface area contributed by atoms with Crippen LogP contribution in [0.2, 0.25) is 5.02 Å². The predicted octanol–water partition coefficient (Wildman–Crippen LogP) is 3.96. The fourth-order valence-electron chi connectivity index (χ4n) is 1.85. The van der Waals surface area contributed by atoms with Crippen LogP contribution in [-0.4, -0.2) is 9.55 Å². The molecule has 1 aromatic heterocycles. The first kappa shape index (κ1) is 11.2. The molecule has 0 radical (unpaired) electrons. The highest BCUT2D eigenvalue weighted by Crippen LogP contribution is 2.21. The Morgan fingerprint density at radius 1 is 1.19 bits per heavy atom. The zero-order valence-electron chi connectivity index (χ0n) is 9.74. The lowest BCUT2D eigenvalue weighted by atomic mass is 10.1. The van der Waals surface area contributed by atoms with Gasteiger partial charge in [0.2, 0.25) is 0 Å². The van der Waals surface area contributed by atoms with Gasteiger partial charge in [0, 0.05) is 16.4 Å². The second-order valence-corrected chi connectivity index (χ2v) is 4.65. The van der Waals surface area contributed by atoms with E-state index in [-0.39, 0.29) is 0 Å². The molecule has 0 bridgehead atoms. The van der Waals surface area contributed by atoms with E-state index in [1.807, 2.05) is 30.6 Å². The van der Waals surface area contributed by atoms with Gasteiger partial charge < -0.3 is 4.57 Å². The molecule has 2 nitrogen and oxygen atoms in total. The Labute approximate surface area is 101 Å². The standard InChI is InChI=1S/C13H15ClN2/c1-9(2)13-10(3)16(8-15-13)12-6-4-11(14)5-7-12/h4-9H,1-3H3. The van der Waals surface area contributed by atoms with Crippen LogP contribution in [-0.2, 0) is 0 Å². The molecule has 2 aromatic rings. The molecule has 0 saturated heterocycles. The summed E-state index contributed by atoms with van der Waals surface area (Å²) in [5, 5.41) is 0.755. The predicted molar refractivity (Wildman–Crippen MR) is 67.4 cm³/mol. The Kier molecular flexibility index (Phi) is 3.01. The molecule has 0 amide bonds. The van der Waals surface area contributed by atoms with Crippen LogP contribution in [0.3, 0.4) is 0 Å². The average molecular weight is 235 g/mol. The molecular weight excluding hydrogens is 220 g/mol. The number of hydrogen-bond acceptors (Lipinski definition) is 1. The maximum Gasteiger partial charge on any atom is 0.0997 e. The van der Waals surface area contributed by atoms with Crippen molar-refractivity contribution in [1.29, 1.82) is 0 Å². The van der Waals surface area contributed by atoms with Crippen molar-refractivity contribution in [3.63, 3.8) is 0 Å². The minimum absolute atomic E-state index is 0.452. The molecule has 3 heteroatoms. The molecule has 0 N–H and O–H groups in total. The van der Waals surface area contributed by atoms with E-state index in [1.165, 1.54) is 5.69 Å². The molecule has 0 spiro atoms. The van der Waals surface area contributed by atoms with Crippen LogP contribution in [0.1, 0.15) is 31.2 Å². The number of rotatable bonds is 2. The zero-order chi connectivity index (χ0) is 11.7. The summed E-state index contributed by atoms with van der Waals surface area (Å²) in [4.78, 5) is 4.44. The quantitative estimate of drug-likeness (QED) is 0.769. The van der Waals surface area contributed by atoms with E-state index in [9.17, 15) is 0 Å². The van der Waals surface area contributed by atoms with E-state index in [0.717, 1.165) is 16.4 Å². The van der Waals surface area contributed by atoms with Crippen molar-refractivity contribution < 1.29 is 0 Å². The summed E-state index contributed by atoms with van der Waals surface area (Å²) in [6.07, 6.45) is 1.87. The fourth-order valence-corrected chi connectivity index (χ4v) is 1.98. The molecule has 16 heavy (non-hydrogen) atoms. The van der Waals surface area contributed by atoms with Crippen LogP contribution in [0.4, 0.5) is 0 Å². The molecule has 0 unspecified atom stereocenters. The Hall–Kier alpha value is -1.28. The molecule has 84 valence electrons. The van der Waals surface area contributed by atoms with Gasteiger partial charge in [-0.05, 0) is 37.1 Å². The van der Waals surface area contributed by atoms with Crippen molar-refractivity contribution in [2.75, 3.05) is 0 Å². The van der Waals surface area contributed by atoms with Crippen molar-refractivity contribution in [1.82, 2.24) is 9.55 Å².